The van der Waals surface area contributed by atoms with Gasteiger partial charge in [0, 0.05) is 12.2 Å². The van der Waals surface area contributed by atoms with E-state index in [0.29, 0.717) is 23.4 Å². The minimum Gasteiger partial charge on any atom is -0.311 e. The maximum absolute atomic E-state index is 12.5. The second kappa shape index (κ2) is 6.88. The molecule has 5 heteroatoms. The first kappa shape index (κ1) is 15.0. The average Bonchev–Trinajstić information content (AvgIpc) is 2.53. The molecule has 1 atom stereocenters. The minimum absolute atomic E-state index is 0.0447. The summed E-state index contributed by atoms with van der Waals surface area (Å²) in [7, 11) is 0. The molecule has 21 heavy (non-hydrogen) atoms. The van der Waals surface area contributed by atoms with Crippen molar-refractivity contribution >= 4 is 11.6 Å². The van der Waals surface area contributed by atoms with Gasteiger partial charge in [-0.3, -0.25) is 4.79 Å². The number of hydrogen-bond donors (Lipinski definition) is 1. The van der Waals surface area contributed by atoms with E-state index in [1.165, 1.54) is 0 Å². The van der Waals surface area contributed by atoms with E-state index >= 15 is 0 Å². The van der Waals surface area contributed by atoms with Gasteiger partial charge in [-0.1, -0.05) is 6.92 Å². The van der Waals surface area contributed by atoms with Crippen LogP contribution in [-0.2, 0) is 4.79 Å². The van der Waals surface area contributed by atoms with Crippen LogP contribution in [0.4, 0.5) is 5.69 Å². The van der Waals surface area contributed by atoms with Crippen LogP contribution in [0.15, 0.2) is 18.2 Å². The molecule has 1 heterocycles. The molecule has 1 fully saturated rings. The SMILES string of the molecule is CCCNC1CCCN(c2ccc(C#N)c(C#N)c2)C1=O. The molecule has 0 aliphatic carbocycles. The third kappa shape index (κ3) is 3.21. The van der Waals surface area contributed by atoms with Crippen LogP contribution in [0.2, 0.25) is 0 Å². The molecule has 0 saturated carbocycles. The maximum atomic E-state index is 12.5. The van der Waals surface area contributed by atoms with Gasteiger partial charge in [-0.05, 0) is 44.0 Å². The number of hydrogen-bond acceptors (Lipinski definition) is 4. The largest absolute Gasteiger partial charge is 0.311 e. The highest BCUT2D eigenvalue weighted by Crippen LogP contribution is 2.23. The lowest BCUT2D eigenvalue weighted by Gasteiger charge is -2.33. The van der Waals surface area contributed by atoms with E-state index in [0.717, 1.165) is 25.8 Å². The number of rotatable bonds is 4. The molecule has 5 nitrogen and oxygen atoms in total. The zero-order chi connectivity index (χ0) is 15.2. The van der Waals surface area contributed by atoms with Crippen molar-refractivity contribution in [2.24, 2.45) is 0 Å². The van der Waals surface area contributed by atoms with Crippen molar-refractivity contribution in [3.8, 4) is 12.1 Å². The van der Waals surface area contributed by atoms with Gasteiger partial charge in [-0.25, -0.2) is 0 Å². The van der Waals surface area contributed by atoms with E-state index in [4.69, 9.17) is 10.5 Å². The maximum Gasteiger partial charge on any atom is 0.244 e. The Bertz CT molecular complexity index is 612. The van der Waals surface area contributed by atoms with Crippen molar-refractivity contribution in [2.45, 2.75) is 32.2 Å². The number of anilines is 1. The molecule has 1 unspecified atom stereocenters. The van der Waals surface area contributed by atoms with Crippen LogP contribution in [0, 0.1) is 22.7 Å². The fourth-order valence-electron chi connectivity index (χ4n) is 2.53. The molecule has 1 N–H and O–H groups in total. The van der Waals surface area contributed by atoms with Crippen LogP contribution >= 0.6 is 0 Å². The van der Waals surface area contributed by atoms with Gasteiger partial charge < -0.3 is 10.2 Å². The molecule has 1 saturated heterocycles. The number of carbonyl (C=O) groups is 1. The van der Waals surface area contributed by atoms with Crippen molar-refractivity contribution in [2.75, 3.05) is 18.0 Å². The zero-order valence-electron chi connectivity index (χ0n) is 12.1. The lowest BCUT2D eigenvalue weighted by atomic mass is 10.0. The molecule has 1 aliphatic rings. The van der Waals surface area contributed by atoms with Gasteiger partial charge in [0.05, 0.1) is 17.2 Å². The third-order valence-electron chi connectivity index (χ3n) is 3.64. The van der Waals surface area contributed by atoms with E-state index in [1.54, 1.807) is 23.1 Å². The molecule has 1 aliphatic heterocycles. The smallest absolute Gasteiger partial charge is 0.244 e. The fourth-order valence-corrected chi connectivity index (χ4v) is 2.53. The van der Waals surface area contributed by atoms with Crippen molar-refractivity contribution < 1.29 is 4.79 Å². The topological polar surface area (TPSA) is 79.9 Å². The second-order valence-electron chi connectivity index (χ2n) is 5.09. The zero-order valence-corrected chi connectivity index (χ0v) is 12.1. The Morgan fingerprint density at radius 3 is 2.76 bits per heavy atom. The molecule has 1 aromatic rings. The normalized spacial score (nSPS) is 18.1. The summed E-state index contributed by atoms with van der Waals surface area (Å²) >= 11 is 0. The van der Waals surface area contributed by atoms with Gasteiger partial charge in [-0.2, -0.15) is 10.5 Å². The van der Waals surface area contributed by atoms with Crippen molar-refractivity contribution in [1.29, 1.82) is 10.5 Å². The van der Waals surface area contributed by atoms with Crippen LogP contribution in [0.25, 0.3) is 0 Å². The predicted molar refractivity (Wildman–Crippen MR) is 79.5 cm³/mol. The molecule has 0 radical (unpaired) electrons. The van der Waals surface area contributed by atoms with E-state index in [9.17, 15) is 4.79 Å². The molecule has 0 spiro atoms. The van der Waals surface area contributed by atoms with Gasteiger partial charge in [0.25, 0.3) is 0 Å². The summed E-state index contributed by atoms with van der Waals surface area (Å²) in [5.41, 5.74) is 1.34. The molecular formula is C16H18N4O. The van der Waals surface area contributed by atoms with Gasteiger partial charge >= 0.3 is 0 Å². The van der Waals surface area contributed by atoms with Crippen LogP contribution < -0.4 is 10.2 Å². The monoisotopic (exact) mass is 282 g/mol. The van der Waals surface area contributed by atoms with Gasteiger partial charge in [0.2, 0.25) is 5.91 Å². The number of benzene rings is 1. The number of piperidine rings is 1. The van der Waals surface area contributed by atoms with Crippen LogP contribution in [0.3, 0.4) is 0 Å². The summed E-state index contributed by atoms with van der Waals surface area (Å²) in [5, 5.41) is 21.3. The number of nitrogens with one attached hydrogen (secondary N) is 1. The standard InChI is InChI=1S/C16H18N4O/c1-2-7-19-15-4-3-8-20(16(15)21)14-6-5-12(10-17)13(9-14)11-18/h5-6,9,15,19H,2-4,7-8H2,1H3. The molecule has 1 aromatic carbocycles. The highest BCUT2D eigenvalue weighted by molar-refractivity contribution is 5.98. The Kier molecular flexibility index (Phi) is 4.92. The number of amides is 1. The first-order valence-electron chi connectivity index (χ1n) is 7.20. The minimum atomic E-state index is -0.153. The quantitative estimate of drug-likeness (QED) is 0.915. The third-order valence-corrected chi connectivity index (χ3v) is 3.64. The van der Waals surface area contributed by atoms with Crippen molar-refractivity contribution in [3.63, 3.8) is 0 Å². The molecule has 0 bridgehead atoms. The van der Waals surface area contributed by atoms with E-state index in [-0.39, 0.29) is 11.9 Å². The number of nitriles is 2. The van der Waals surface area contributed by atoms with Crippen molar-refractivity contribution in [3.05, 3.63) is 29.3 Å². The van der Waals surface area contributed by atoms with Gasteiger partial charge in [-0.15, -0.1) is 0 Å². The lowest BCUT2D eigenvalue weighted by Crippen LogP contribution is -2.51. The second-order valence-corrected chi connectivity index (χ2v) is 5.09. The summed E-state index contributed by atoms with van der Waals surface area (Å²) < 4.78 is 0. The van der Waals surface area contributed by atoms with E-state index in [1.807, 2.05) is 12.1 Å². The first-order chi connectivity index (χ1) is 10.2. The highest BCUT2D eigenvalue weighted by atomic mass is 16.2. The molecule has 2 rings (SSSR count). The molecule has 1 amide bonds. The van der Waals surface area contributed by atoms with Crippen LogP contribution in [0.1, 0.15) is 37.3 Å². The van der Waals surface area contributed by atoms with Gasteiger partial charge in [0.1, 0.15) is 12.1 Å². The van der Waals surface area contributed by atoms with E-state index < -0.39 is 0 Å². The first-order valence-corrected chi connectivity index (χ1v) is 7.20. The summed E-state index contributed by atoms with van der Waals surface area (Å²) in [5.74, 6) is 0.0447. The van der Waals surface area contributed by atoms with Crippen molar-refractivity contribution in [1.82, 2.24) is 5.32 Å². The predicted octanol–water partition coefficient (Wildman–Crippen LogP) is 1.92. The Morgan fingerprint density at radius 1 is 1.33 bits per heavy atom. The fraction of sp³-hybridized carbons (Fsp3) is 0.438. The Morgan fingerprint density at radius 2 is 2.10 bits per heavy atom. The summed E-state index contributed by atoms with van der Waals surface area (Å²) in [6.07, 6.45) is 2.75. The molecule has 0 aromatic heterocycles. The molecule has 108 valence electrons. The number of nitrogens with zero attached hydrogens (tertiary/aromatic N) is 3. The number of carbonyl (C=O) groups excluding carboxylic acids is 1. The Labute approximate surface area is 124 Å². The Balaban J connectivity index is 2.23. The lowest BCUT2D eigenvalue weighted by molar-refractivity contribution is -0.121. The summed E-state index contributed by atoms with van der Waals surface area (Å²) in [6.45, 7) is 3.54. The molecular weight excluding hydrogens is 264 g/mol. The van der Waals surface area contributed by atoms with E-state index in [2.05, 4.69) is 12.2 Å². The average molecular weight is 282 g/mol. The summed E-state index contributed by atoms with van der Waals surface area (Å²) in [4.78, 5) is 14.2. The Hall–Kier alpha value is -2.37. The highest BCUT2D eigenvalue weighted by Gasteiger charge is 2.29. The van der Waals surface area contributed by atoms with Gasteiger partial charge in [0.15, 0.2) is 0 Å². The van der Waals surface area contributed by atoms with Crippen LogP contribution in [-0.4, -0.2) is 25.0 Å². The summed E-state index contributed by atoms with van der Waals surface area (Å²) in [6, 6.07) is 8.80. The van der Waals surface area contributed by atoms with Crippen LogP contribution in [0.5, 0.6) is 0 Å².